The average Bonchev–Trinajstić information content (AvgIpc) is 2.94. The van der Waals surface area contributed by atoms with E-state index < -0.39 is 0 Å². The summed E-state index contributed by atoms with van der Waals surface area (Å²) in [6, 6.07) is 9.75. The van der Waals surface area contributed by atoms with Gasteiger partial charge < -0.3 is 5.73 Å². The number of benzene rings is 1. The monoisotopic (exact) mass is 338 g/mol. The molecule has 1 aromatic carbocycles. The lowest BCUT2D eigenvalue weighted by Gasteiger charge is -2.37. The van der Waals surface area contributed by atoms with Gasteiger partial charge in [0, 0.05) is 29.6 Å². The van der Waals surface area contributed by atoms with E-state index in [1.807, 2.05) is 0 Å². The van der Waals surface area contributed by atoms with Crippen LogP contribution in [0.25, 0.3) is 0 Å². The van der Waals surface area contributed by atoms with E-state index in [-0.39, 0.29) is 0 Å². The third-order valence-electron chi connectivity index (χ3n) is 4.25. The van der Waals surface area contributed by atoms with E-state index >= 15 is 0 Å². The molecule has 0 radical (unpaired) electrons. The summed E-state index contributed by atoms with van der Waals surface area (Å²) >= 11 is 3.52. The second-order valence-corrected chi connectivity index (χ2v) is 7.25. The van der Waals surface area contributed by atoms with Gasteiger partial charge in [-0.05, 0) is 36.5 Å². The maximum absolute atomic E-state index is 6.13. The van der Waals surface area contributed by atoms with Crippen LogP contribution in [-0.4, -0.2) is 24.0 Å². The van der Waals surface area contributed by atoms with E-state index in [0.29, 0.717) is 18.5 Å². The molecule has 0 heterocycles. The standard InChI is InChI=1S/C17H27BrN2/c1-13(2)12-20(16-5-3-4-6-16)17(11-19)14-7-9-15(18)10-8-14/h7-10,13,16-17H,3-6,11-12,19H2,1-2H3. The molecule has 2 nitrogen and oxygen atoms in total. The van der Waals surface area contributed by atoms with Gasteiger partial charge >= 0.3 is 0 Å². The van der Waals surface area contributed by atoms with Gasteiger partial charge in [-0.2, -0.15) is 0 Å². The molecule has 1 aliphatic carbocycles. The molecule has 1 aliphatic rings. The highest BCUT2D eigenvalue weighted by Gasteiger charge is 2.29. The van der Waals surface area contributed by atoms with Crippen molar-refractivity contribution in [3.63, 3.8) is 0 Å². The van der Waals surface area contributed by atoms with E-state index in [0.717, 1.165) is 17.1 Å². The lowest BCUT2D eigenvalue weighted by atomic mass is 10.0. The maximum Gasteiger partial charge on any atom is 0.0473 e. The Morgan fingerprint density at radius 2 is 1.80 bits per heavy atom. The summed E-state index contributed by atoms with van der Waals surface area (Å²) in [6.45, 7) is 6.45. The maximum atomic E-state index is 6.13. The van der Waals surface area contributed by atoms with Gasteiger partial charge in [0.05, 0.1) is 0 Å². The minimum absolute atomic E-state index is 0.355. The van der Waals surface area contributed by atoms with Gasteiger partial charge in [-0.25, -0.2) is 0 Å². The van der Waals surface area contributed by atoms with E-state index in [4.69, 9.17) is 5.73 Å². The number of nitrogens with zero attached hydrogens (tertiary/aromatic N) is 1. The predicted octanol–water partition coefficient (Wildman–Crippen LogP) is 4.35. The number of nitrogens with two attached hydrogens (primary N) is 1. The first-order valence-corrected chi connectivity index (χ1v) is 8.62. The molecule has 20 heavy (non-hydrogen) atoms. The van der Waals surface area contributed by atoms with Crippen molar-refractivity contribution in [2.75, 3.05) is 13.1 Å². The zero-order chi connectivity index (χ0) is 14.5. The Bertz CT molecular complexity index is 396. The molecule has 0 aliphatic heterocycles. The largest absolute Gasteiger partial charge is 0.329 e. The highest BCUT2D eigenvalue weighted by Crippen LogP contribution is 2.31. The van der Waals surface area contributed by atoms with Crippen LogP contribution in [0, 0.1) is 5.92 Å². The number of hydrogen-bond acceptors (Lipinski definition) is 2. The van der Waals surface area contributed by atoms with Gasteiger partial charge in [-0.15, -0.1) is 0 Å². The molecule has 0 bridgehead atoms. The van der Waals surface area contributed by atoms with Gasteiger partial charge in [0.2, 0.25) is 0 Å². The van der Waals surface area contributed by atoms with Gasteiger partial charge in [-0.1, -0.05) is 54.8 Å². The summed E-state index contributed by atoms with van der Waals surface area (Å²) in [5, 5.41) is 0. The van der Waals surface area contributed by atoms with Crippen LogP contribution in [-0.2, 0) is 0 Å². The van der Waals surface area contributed by atoms with Crippen LogP contribution in [0.4, 0.5) is 0 Å². The molecule has 2 rings (SSSR count). The summed E-state index contributed by atoms with van der Waals surface area (Å²) in [5.41, 5.74) is 7.48. The SMILES string of the molecule is CC(C)CN(C1CCCC1)C(CN)c1ccc(Br)cc1. The number of hydrogen-bond donors (Lipinski definition) is 1. The molecule has 0 saturated heterocycles. The normalized spacial score (nSPS) is 18.1. The Balaban J connectivity index is 2.20. The van der Waals surface area contributed by atoms with Crippen molar-refractivity contribution < 1.29 is 0 Å². The van der Waals surface area contributed by atoms with E-state index in [2.05, 4.69) is 58.9 Å². The highest BCUT2D eigenvalue weighted by molar-refractivity contribution is 9.10. The molecular formula is C17H27BrN2. The summed E-state index contributed by atoms with van der Waals surface area (Å²) in [4.78, 5) is 2.67. The molecule has 1 unspecified atom stereocenters. The topological polar surface area (TPSA) is 29.3 Å². The van der Waals surface area contributed by atoms with Gasteiger partial charge in [0.25, 0.3) is 0 Å². The van der Waals surface area contributed by atoms with E-state index in [1.54, 1.807) is 0 Å². The molecule has 1 aromatic rings. The van der Waals surface area contributed by atoms with E-state index in [1.165, 1.54) is 31.2 Å². The van der Waals surface area contributed by atoms with Crippen molar-refractivity contribution in [2.45, 2.75) is 51.6 Å². The molecule has 1 saturated carbocycles. The smallest absolute Gasteiger partial charge is 0.0473 e. The summed E-state index contributed by atoms with van der Waals surface area (Å²) in [5.74, 6) is 0.681. The molecular weight excluding hydrogens is 312 g/mol. The van der Waals surface area contributed by atoms with Crippen molar-refractivity contribution in [3.05, 3.63) is 34.3 Å². The molecule has 112 valence electrons. The van der Waals surface area contributed by atoms with Crippen molar-refractivity contribution in [3.8, 4) is 0 Å². The molecule has 3 heteroatoms. The summed E-state index contributed by atoms with van der Waals surface area (Å²) < 4.78 is 1.13. The zero-order valence-electron chi connectivity index (χ0n) is 12.7. The molecule has 0 aromatic heterocycles. The predicted molar refractivity (Wildman–Crippen MR) is 89.7 cm³/mol. The van der Waals surface area contributed by atoms with Crippen LogP contribution in [0.2, 0.25) is 0 Å². The van der Waals surface area contributed by atoms with Crippen LogP contribution in [0.5, 0.6) is 0 Å². The third kappa shape index (κ3) is 4.06. The quantitative estimate of drug-likeness (QED) is 0.835. The lowest BCUT2D eigenvalue weighted by Crippen LogP contribution is -2.42. The van der Waals surface area contributed by atoms with Gasteiger partial charge in [0.15, 0.2) is 0 Å². The summed E-state index contributed by atoms with van der Waals surface area (Å²) in [6.07, 6.45) is 5.41. The highest BCUT2D eigenvalue weighted by atomic mass is 79.9. The van der Waals surface area contributed by atoms with Crippen molar-refractivity contribution >= 4 is 15.9 Å². The Kier molecular flexibility index (Phi) is 6.06. The van der Waals surface area contributed by atoms with Crippen molar-refractivity contribution in [2.24, 2.45) is 11.7 Å². The Labute approximate surface area is 131 Å². The van der Waals surface area contributed by atoms with Crippen LogP contribution in [0.1, 0.15) is 51.1 Å². The van der Waals surface area contributed by atoms with Crippen molar-refractivity contribution in [1.82, 2.24) is 4.90 Å². The first-order valence-electron chi connectivity index (χ1n) is 7.83. The van der Waals surface area contributed by atoms with Crippen molar-refractivity contribution in [1.29, 1.82) is 0 Å². The molecule has 0 spiro atoms. The summed E-state index contributed by atoms with van der Waals surface area (Å²) in [7, 11) is 0. The fraction of sp³-hybridized carbons (Fsp3) is 0.647. The van der Waals surface area contributed by atoms with Crippen LogP contribution >= 0.6 is 15.9 Å². The minimum Gasteiger partial charge on any atom is -0.329 e. The second kappa shape index (κ2) is 7.58. The first kappa shape index (κ1) is 16.0. The Hall–Kier alpha value is -0.380. The Morgan fingerprint density at radius 3 is 2.30 bits per heavy atom. The lowest BCUT2D eigenvalue weighted by molar-refractivity contribution is 0.121. The molecule has 1 fully saturated rings. The van der Waals surface area contributed by atoms with Gasteiger partial charge in [-0.3, -0.25) is 4.90 Å². The zero-order valence-corrected chi connectivity index (χ0v) is 14.3. The first-order chi connectivity index (χ1) is 9.61. The van der Waals surface area contributed by atoms with Gasteiger partial charge in [0.1, 0.15) is 0 Å². The van der Waals surface area contributed by atoms with Crippen LogP contribution in [0.15, 0.2) is 28.7 Å². The molecule has 2 N–H and O–H groups in total. The Morgan fingerprint density at radius 1 is 1.20 bits per heavy atom. The van der Waals surface area contributed by atoms with Crippen LogP contribution in [0.3, 0.4) is 0 Å². The number of halogens is 1. The third-order valence-corrected chi connectivity index (χ3v) is 4.78. The van der Waals surface area contributed by atoms with E-state index in [9.17, 15) is 0 Å². The van der Waals surface area contributed by atoms with Crippen LogP contribution < -0.4 is 5.73 Å². The minimum atomic E-state index is 0.355. The fourth-order valence-corrected chi connectivity index (χ4v) is 3.60. The fourth-order valence-electron chi connectivity index (χ4n) is 3.34. The second-order valence-electron chi connectivity index (χ2n) is 6.33. The molecule has 1 atom stereocenters. The average molecular weight is 339 g/mol. The molecule has 0 amide bonds. The number of rotatable bonds is 6.